The van der Waals surface area contributed by atoms with Crippen molar-refractivity contribution in [3.05, 3.63) is 112 Å². The summed E-state index contributed by atoms with van der Waals surface area (Å²) in [5, 5.41) is 12.6. The van der Waals surface area contributed by atoms with E-state index in [1.54, 1.807) is 30.3 Å². The van der Waals surface area contributed by atoms with Gasteiger partial charge in [-0.05, 0) is 47.5 Å². The van der Waals surface area contributed by atoms with Gasteiger partial charge in [0.15, 0.2) is 0 Å². The zero-order valence-electron chi connectivity index (χ0n) is 19.2. The molecule has 178 valence electrons. The molecule has 0 aliphatic heterocycles. The van der Waals surface area contributed by atoms with Crippen LogP contribution in [0.1, 0.15) is 21.5 Å². The Bertz CT molecular complexity index is 1550. The second-order valence-corrected chi connectivity index (χ2v) is 7.65. The van der Waals surface area contributed by atoms with Crippen molar-refractivity contribution in [1.82, 2.24) is 5.32 Å². The van der Waals surface area contributed by atoms with E-state index in [-0.39, 0.29) is 29.0 Å². The summed E-state index contributed by atoms with van der Waals surface area (Å²) in [6.45, 7) is 0.261. The molecule has 1 amide bonds. The van der Waals surface area contributed by atoms with E-state index in [9.17, 15) is 19.6 Å². The molecule has 0 aliphatic rings. The molecule has 3 aromatic carbocycles. The summed E-state index contributed by atoms with van der Waals surface area (Å²) in [4.78, 5) is 37.5. The number of nitrogens with zero attached hydrogens (tertiary/aromatic N) is 1. The molecule has 8 nitrogen and oxygen atoms in total. The van der Waals surface area contributed by atoms with Crippen molar-refractivity contribution in [2.75, 3.05) is 7.11 Å². The highest BCUT2D eigenvalue weighted by atomic mass is 16.5. The second-order valence-electron chi connectivity index (χ2n) is 7.65. The van der Waals surface area contributed by atoms with Crippen molar-refractivity contribution in [2.45, 2.75) is 6.54 Å². The summed E-state index contributed by atoms with van der Waals surface area (Å²) in [7, 11) is 1.54. The monoisotopic (exact) mass is 480 g/mol. The lowest BCUT2D eigenvalue weighted by Gasteiger charge is -2.07. The highest BCUT2D eigenvalue weighted by Crippen LogP contribution is 2.22. The van der Waals surface area contributed by atoms with E-state index >= 15 is 0 Å². The first kappa shape index (κ1) is 24.0. The van der Waals surface area contributed by atoms with Crippen LogP contribution in [0.2, 0.25) is 0 Å². The molecule has 0 saturated heterocycles. The number of fused-ring (bicyclic) bond motifs is 1. The van der Waals surface area contributed by atoms with E-state index in [2.05, 4.69) is 5.32 Å². The van der Waals surface area contributed by atoms with Crippen LogP contribution in [-0.2, 0) is 11.3 Å². The molecule has 0 fully saturated rings. The minimum Gasteiger partial charge on any atom is -0.497 e. The van der Waals surface area contributed by atoms with Crippen LogP contribution in [0, 0.1) is 11.3 Å². The predicted octanol–water partition coefficient (Wildman–Crippen LogP) is 4.24. The number of ether oxygens (including phenoxy) is 2. The van der Waals surface area contributed by atoms with Gasteiger partial charge in [0.1, 0.15) is 34.3 Å². The van der Waals surface area contributed by atoms with Gasteiger partial charge in [-0.1, -0.05) is 42.5 Å². The van der Waals surface area contributed by atoms with Crippen molar-refractivity contribution >= 4 is 28.9 Å². The average Bonchev–Trinajstić information content (AvgIpc) is 2.90. The molecule has 0 saturated carbocycles. The topological polar surface area (TPSA) is 119 Å². The fourth-order valence-corrected chi connectivity index (χ4v) is 3.35. The van der Waals surface area contributed by atoms with Gasteiger partial charge in [-0.2, -0.15) is 5.26 Å². The molecule has 1 N–H and O–H groups in total. The third kappa shape index (κ3) is 5.66. The summed E-state index contributed by atoms with van der Waals surface area (Å²) in [6.07, 6.45) is 1.39. The van der Waals surface area contributed by atoms with Crippen LogP contribution >= 0.6 is 0 Å². The number of rotatable bonds is 7. The largest absolute Gasteiger partial charge is 0.497 e. The smallest absolute Gasteiger partial charge is 0.354 e. The molecule has 0 atom stereocenters. The van der Waals surface area contributed by atoms with Gasteiger partial charge in [0, 0.05) is 18.0 Å². The van der Waals surface area contributed by atoms with Gasteiger partial charge in [0.25, 0.3) is 5.91 Å². The third-order valence-corrected chi connectivity index (χ3v) is 5.23. The maximum atomic E-state index is 12.5. The maximum absolute atomic E-state index is 12.5. The Hall–Kier alpha value is -5.16. The SMILES string of the molecule is COc1ccc(/C=C(\C#N)C(=O)Oc2ccc3cc(C(=O)NCc4ccccc4)c(=O)oc3c2)cc1. The minimum atomic E-state index is -0.869. The number of hydrogen-bond donors (Lipinski definition) is 1. The normalized spacial score (nSPS) is 10.9. The molecular formula is C28H20N2O6. The Labute approximate surface area is 206 Å². The van der Waals surface area contributed by atoms with Gasteiger partial charge in [-0.15, -0.1) is 0 Å². The van der Waals surface area contributed by atoms with Crippen molar-refractivity contribution in [3.8, 4) is 17.6 Å². The molecule has 36 heavy (non-hydrogen) atoms. The fraction of sp³-hybridized carbons (Fsp3) is 0.0714. The van der Waals surface area contributed by atoms with Crippen LogP contribution in [0.15, 0.2) is 93.6 Å². The molecule has 4 aromatic rings. The fourth-order valence-electron chi connectivity index (χ4n) is 3.35. The van der Waals surface area contributed by atoms with Crippen LogP contribution in [0.3, 0.4) is 0 Å². The van der Waals surface area contributed by atoms with E-state index in [0.29, 0.717) is 16.7 Å². The van der Waals surface area contributed by atoms with Crippen LogP contribution in [-0.4, -0.2) is 19.0 Å². The highest BCUT2D eigenvalue weighted by Gasteiger charge is 2.16. The first-order chi connectivity index (χ1) is 17.5. The molecule has 0 aliphatic carbocycles. The molecule has 1 heterocycles. The second kappa shape index (κ2) is 10.8. The predicted molar refractivity (Wildman–Crippen MR) is 132 cm³/mol. The van der Waals surface area contributed by atoms with Crippen LogP contribution < -0.4 is 20.4 Å². The van der Waals surface area contributed by atoms with E-state index in [0.717, 1.165) is 5.56 Å². The summed E-state index contributed by atoms with van der Waals surface area (Å²) in [5.74, 6) is -0.713. The van der Waals surface area contributed by atoms with Gasteiger partial charge in [0.05, 0.1) is 7.11 Å². The first-order valence-corrected chi connectivity index (χ1v) is 10.8. The molecule has 0 bridgehead atoms. The number of carbonyl (C=O) groups is 2. The Morgan fingerprint density at radius 3 is 2.42 bits per heavy atom. The average molecular weight is 480 g/mol. The van der Waals surface area contributed by atoms with Crippen molar-refractivity contribution < 1.29 is 23.5 Å². The highest BCUT2D eigenvalue weighted by molar-refractivity contribution is 5.99. The summed E-state index contributed by atoms with van der Waals surface area (Å²) < 4.78 is 15.7. The Morgan fingerprint density at radius 2 is 1.72 bits per heavy atom. The number of nitriles is 1. The van der Waals surface area contributed by atoms with E-state index in [1.165, 1.54) is 31.4 Å². The van der Waals surface area contributed by atoms with Crippen molar-refractivity contribution in [3.63, 3.8) is 0 Å². The number of amides is 1. The van der Waals surface area contributed by atoms with Gasteiger partial charge >= 0.3 is 11.6 Å². The standard InChI is InChI=1S/C28H20N2O6/c1-34-22-10-7-18(8-11-22)13-21(16-29)27(32)35-23-12-9-20-14-24(28(33)36-25(20)15-23)26(31)30-17-19-5-3-2-4-6-19/h2-15H,17H2,1H3,(H,30,31)/b21-13+. The number of esters is 1. The van der Waals surface area contributed by atoms with Gasteiger partial charge in [-0.25, -0.2) is 9.59 Å². The van der Waals surface area contributed by atoms with Crippen LogP contribution in [0.4, 0.5) is 0 Å². The van der Waals surface area contributed by atoms with Crippen molar-refractivity contribution in [1.29, 1.82) is 5.26 Å². The van der Waals surface area contributed by atoms with E-state index in [4.69, 9.17) is 13.9 Å². The lowest BCUT2D eigenvalue weighted by molar-refractivity contribution is -0.129. The van der Waals surface area contributed by atoms with Gasteiger partial charge in [-0.3, -0.25) is 4.79 Å². The minimum absolute atomic E-state index is 0.0767. The Kier molecular flexibility index (Phi) is 7.22. The lowest BCUT2D eigenvalue weighted by atomic mass is 10.1. The molecule has 0 radical (unpaired) electrons. The van der Waals surface area contributed by atoms with Gasteiger partial charge in [0.2, 0.25) is 0 Å². The van der Waals surface area contributed by atoms with E-state index < -0.39 is 17.5 Å². The maximum Gasteiger partial charge on any atom is 0.354 e. The van der Waals surface area contributed by atoms with Crippen LogP contribution in [0.5, 0.6) is 11.5 Å². The number of nitrogens with one attached hydrogen (secondary N) is 1. The van der Waals surface area contributed by atoms with Gasteiger partial charge < -0.3 is 19.2 Å². The zero-order valence-corrected chi connectivity index (χ0v) is 19.2. The number of hydrogen-bond acceptors (Lipinski definition) is 7. The van der Waals surface area contributed by atoms with Crippen molar-refractivity contribution in [2.24, 2.45) is 0 Å². The zero-order chi connectivity index (χ0) is 25.5. The number of carbonyl (C=O) groups excluding carboxylic acids is 2. The van der Waals surface area contributed by atoms with Crippen LogP contribution in [0.25, 0.3) is 17.0 Å². The van der Waals surface area contributed by atoms with E-state index in [1.807, 2.05) is 36.4 Å². The molecule has 0 unspecified atom stereocenters. The Morgan fingerprint density at radius 1 is 1.00 bits per heavy atom. The third-order valence-electron chi connectivity index (χ3n) is 5.23. The molecule has 1 aromatic heterocycles. The lowest BCUT2D eigenvalue weighted by Crippen LogP contribution is -2.27. The molecular weight excluding hydrogens is 460 g/mol. The summed E-state index contributed by atoms with van der Waals surface area (Å²) in [6, 6.07) is 23.7. The molecule has 0 spiro atoms. The number of methoxy groups -OCH3 is 1. The quantitative estimate of drug-likeness (QED) is 0.138. The molecule has 4 rings (SSSR count). The number of benzene rings is 3. The molecule has 8 heteroatoms. The summed E-state index contributed by atoms with van der Waals surface area (Å²) in [5.41, 5.74) is 0.452. The Balaban J connectivity index is 1.50. The first-order valence-electron chi connectivity index (χ1n) is 10.8. The summed E-state index contributed by atoms with van der Waals surface area (Å²) >= 11 is 0.